The summed E-state index contributed by atoms with van der Waals surface area (Å²) in [7, 11) is 1.53. The Hall–Kier alpha value is -0.730. The van der Waals surface area contributed by atoms with Gasteiger partial charge in [0, 0.05) is 11.4 Å². The highest BCUT2D eigenvalue weighted by atomic mass is 35.5. The van der Waals surface area contributed by atoms with Crippen molar-refractivity contribution in [1.29, 1.82) is 0 Å². The van der Waals surface area contributed by atoms with Gasteiger partial charge in [0.2, 0.25) is 5.88 Å². The van der Waals surface area contributed by atoms with Crippen molar-refractivity contribution in [2.45, 2.75) is 0 Å². The Kier molecular flexibility index (Phi) is 3.58. The van der Waals surface area contributed by atoms with Crippen molar-refractivity contribution >= 4 is 28.8 Å². The van der Waals surface area contributed by atoms with E-state index in [9.17, 15) is 0 Å². The van der Waals surface area contributed by atoms with Crippen LogP contribution in [-0.2, 0) is 0 Å². The first-order chi connectivity index (χ1) is 6.19. The number of methoxy groups -OCH3 is 1. The highest BCUT2D eigenvalue weighted by molar-refractivity contribution is 6.29. The van der Waals surface area contributed by atoms with Crippen LogP contribution in [0.15, 0.2) is 18.7 Å². The molecule has 1 heterocycles. The lowest BCUT2D eigenvalue weighted by atomic mass is 10.1. The van der Waals surface area contributed by atoms with Crippen LogP contribution in [0.5, 0.6) is 5.88 Å². The first-order valence-electron chi connectivity index (χ1n) is 3.63. The Morgan fingerprint density at radius 1 is 1.62 bits per heavy atom. The first kappa shape index (κ1) is 10.4. The van der Waals surface area contributed by atoms with Crippen molar-refractivity contribution in [3.05, 3.63) is 29.4 Å². The third-order valence-corrected chi connectivity index (χ3v) is 2.09. The van der Waals surface area contributed by atoms with E-state index < -0.39 is 0 Å². The molecule has 0 aliphatic heterocycles. The van der Waals surface area contributed by atoms with Gasteiger partial charge in [-0.05, 0) is 17.7 Å². The molecule has 0 aliphatic rings. The second kappa shape index (κ2) is 4.49. The Morgan fingerprint density at radius 2 is 2.31 bits per heavy atom. The fourth-order valence-corrected chi connectivity index (χ4v) is 1.20. The molecule has 0 unspecified atom stereocenters. The van der Waals surface area contributed by atoms with Gasteiger partial charge in [-0.2, -0.15) is 0 Å². The number of ether oxygens (including phenoxy) is 1. The van der Waals surface area contributed by atoms with E-state index in [2.05, 4.69) is 11.6 Å². The second-order valence-corrected chi connectivity index (χ2v) is 3.08. The maximum Gasteiger partial charge on any atom is 0.222 e. The monoisotopic (exact) mass is 217 g/mol. The molecule has 1 aromatic rings. The Labute approximate surface area is 87.1 Å². The summed E-state index contributed by atoms with van der Waals surface area (Å²) in [5.74, 6) is 0.804. The second-order valence-electron chi connectivity index (χ2n) is 2.43. The molecule has 0 amide bonds. The molecule has 2 nitrogen and oxygen atoms in total. The molecule has 0 saturated carbocycles. The van der Waals surface area contributed by atoms with Gasteiger partial charge in [-0.15, -0.1) is 11.6 Å². The van der Waals surface area contributed by atoms with Crippen LogP contribution in [0.4, 0.5) is 0 Å². The van der Waals surface area contributed by atoms with Gasteiger partial charge in [-0.1, -0.05) is 18.2 Å². The van der Waals surface area contributed by atoms with E-state index in [0.717, 1.165) is 11.1 Å². The van der Waals surface area contributed by atoms with E-state index in [0.29, 0.717) is 16.9 Å². The van der Waals surface area contributed by atoms with E-state index in [1.807, 2.05) is 0 Å². The van der Waals surface area contributed by atoms with Crippen molar-refractivity contribution in [2.24, 2.45) is 0 Å². The van der Waals surface area contributed by atoms with Gasteiger partial charge in [0.25, 0.3) is 0 Å². The minimum absolute atomic E-state index is 0.347. The molecule has 4 heteroatoms. The number of hydrogen-bond donors (Lipinski definition) is 0. The van der Waals surface area contributed by atoms with E-state index in [1.54, 1.807) is 12.1 Å². The fraction of sp³-hybridized carbons (Fsp3) is 0.222. The first-order valence-corrected chi connectivity index (χ1v) is 4.55. The molecular weight excluding hydrogens is 209 g/mol. The smallest absolute Gasteiger partial charge is 0.222 e. The van der Waals surface area contributed by atoms with E-state index in [1.165, 1.54) is 7.11 Å². The number of hydrogen-bond acceptors (Lipinski definition) is 2. The number of halogens is 2. The molecule has 0 fully saturated rings. The van der Waals surface area contributed by atoms with Gasteiger partial charge in [0.05, 0.1) is 7.11 Å². The molecule has 1 rings (SSSR count). The minimum atomic E-state index is 0.347. The summed E-state index contributed by atoms with van der Waals surface area (Å²) >= 11 is 11.3. The molecule has 0 aliphatic carbocycles. The van der Waals surface area contributed by atoms with Crippen LogP contribution in [0.2, 0.25) is 5.15 Å². The van der Waals surface area contributed by atoms with E-state index in [4.69, 9.17) is 27.9 Å². The van der Waals surface area contributed by atoms with Gasteiger partial charge in [0.1, 0.15) is 5.15 Å². The largest absolute Gasteiger partial charge is 0.481 e. The SMILES string of the molecule is C=C(CCl)c1ccc(Cl)nc1OC. The summed E-state index contributed by atoms with van der Waals surface area (Å²) in [4.78, 5) is 3.98. The zero-order chi connectivity index (χ0) is 9.84. The zero-order valence-corrected chi connectivity index (χ0v) is 8.69. The number of pyridine rings is 1. The van der Waals surface area contributed by atoms with Crippen LogP contribution in [0.1, 0.15) is 5.56 Å². The van der Waals surface area contributed by atoms with Crippen molar-refractivity contribution in [1.82, 2.24) is 4.98 Å². The third kappa shape index (κ3) is 2.36. The summed E-state index contributed by atoms with van der Waals surface area (Å²) in [5.41, 5.74) is 1.56. The van der Waals surface area contributed by atoms with Crippen LogP contribution < -0.4 is 4.74 Å². The molecule has 0 aromatic carbocycles. The zero-order valence-electron chi connectivity index (χ0n) is 7.18. The molecule has 0 bridgehead atoms. The number of nitrogens with zero attached hydrogens (tertiary/aromatic N) is 1. The topological polar surface area (TPSA) is 22.1 Å². The lowest BCUT2D eigenvalue weighted by molar-refractivity contribution is 0.396. The molecule has 0 spiro atoms. The van der Waals surface area contributed by atoms with Gasteiger partial charge in [-0.3, -0.25) is 0 Å². The predicted molar refractivity (Wildman–Crippen MR) is 55.6 cm³/mol. The maximum atomic E-state index is 5.69. The number of allylic oxidation sites excluding steroid dienone is 1. The van der Waals surface area contributed by atoms with Gasteiger partial charge < -0.3 is 4.74 Å². The summed E-state index contributed by atoms with van der Waals surface area (Å²) in [6.45, 7) is 3.79. The molecule has 13 heavy (non-hydrogen) atoms. The normalized spacial score (nSPS) is 9.77. The lowest BCUT2D eigenvalue weighted by Gasteiger charge is -2.07. The average Bonchev–Trinajstić information content (AvgIpc) is 2.16. The van der Waals surface area contributed by atoms with Crippen molar-refractivity contribution in [3.8, 4) is 5.88 Å². The number of alkyl halides is 1. The summed E-state index contributed by atoms with van der Waals surface area (Å²) < 4.78 is 5.03. The molecule has 0 N–H and O–H groups in total. The van der Waals surface area contributed by atoms with Crippen LogP contribution in [-0.4, -0.2) is 18.0 Å². The molecule has 0 saturated heterocycles. The van der Waals surface area contributed by atoms with E-state index in [-0.39, 0.29) is 0 Å². The Bertz CT molecular complexity index is 325. The van der Waals surface area contributed by atoms with Gasteiger partial charge in [-0.25, -0.2) is 4.98 Å². The number of aromatic nitrogens is 1. The number of rotatable bonds is 3. The molecular formula is C9H9Cl2NO. The average molecular weight is 218 g/mol. The van der Waals surface area contributed by atoms with Crippen molar-refractivity contribution < 1.29 is 4.74 Å². The lowest BCUT2D eigenvalue weighted by Crippen LogP contribution is -1.95. The highest BCUT2D eigenvalue weighted by Gasteiger charge is 2.07. The van der Waals surface area contributed by atoms with Gasteiger partial charge >= 0.3 is 0 Å². The van der Waals surface area contributed by atoms with Gasteiger partial charge in [0.15, 0.2) is 0 Å². The standard InChI is InChI=1S/C9H9Cl2NO/c1-6(5-10)7-3-4-8(11)12-9(7)13-2/h3-4H,1,5H2,2H3. The summed E-state index contributed by atoms with van der Waals surface area (Å²) in [6, 6.07) is 3.47. The van der Waals surface area contributed by atoms with Crippen LogP contribution in [0, 0.1) is 0 Å². The van der Waals surface area contributed by atoms with Crippen LogP contribution >= 0.6 is 23.2 Å². The molecule has 70 valence electrons. The predicted octanol–water partition coefficient (Wildman–Crippen LogP) is 3.00. The minimum Gasteiger partial charge on any atom is -0.481 e. The van der Waals surface area contributed by atoms with Crippen molar-refractivity contribution in [2.75, 3.05) is 13.0 Å². The van der Waals surface area contributed by atoms with E-state index >= 15 is 0 Å². The maximum absolute atomic E-state index is 5.69. The van der Waals surface area contributed by atoms with Crippen molar-refractivity contribution in [3.63, 3.8) is 0 Å². The summed E-state index contributed by atoms with van der Waals surface area (Å²) in [5, 5.41) is 0.392. The van der Waals surface area contributed by atoms with Crippen LogP contribution in [0.3, 0.4) is 0 Å². The molecule has 0 atom stereocenters. The quantitative estimate of drug-likeness (QED) is 0.574. The summed E-state index contributed by atoms with van der Waals surface area (Å²) in [6.07, 6.45) is 0. The third-order valence-electron chi connectivity index (χ3n) is 1.56. The highest BCUT2D eigenvalue weighted by Crippen LogP contribution is 2.25. The van der Waals surface area contributed by atoms with Crippen LogP contribution in [0.25, 0.3) is 5.57 Å². The fourth-order valence-electron chi connectivity index (χ4n) is 0.915. The molecule has 1 aromatic heterocycles. The Morgan fingerprint density at radius 3 is 2.85 bits per heavy atom. The Balaban J connectivity index is 3.13. The molecule has 0 radical (unpaired) electrons.